The monoisotopic (exact) mass is 752 g/mol. The quantitative estimate of drug-likeness (QED) is 0.0920. The third-order valence-electron chi connectivity index (χ3n) is 9.96. The summed E-state index contributed by atoms with van der Waals surface area (Å²) >= 11 is 0. The van der Waals surface area contributed by atoms with Crippen molar-refractivity contribution in [3.8, 4) is 0 Å². The highest BCUT2D eigenvalue weighted by Gasteiger charge is 2.35. The number of nitrogens with zero attached hydrogens (tertiary/aromatic N) is 6. The summed E-state index contributed by atoms with van der Waals surface area (Å²) in [6, 6.07) is 18.5. The number of hydrogen-bond donors (Lipinski definition) is 1. The summed E-state index contributed by atoms with van der Waals surface area (Å²) < 4.78 is 0. The number of likely N-dealkylation sites (N-methyl/N-ethyl adjacent to an activating group) is 2. The minimum atomic E-state index is -0.848. The molecule has 4 aromatic rings. The zero-order valence-electron chi connectivity index (χ0n) is 29.6. The van der Waals surface area contributed by atoms with E-state index >= 15 is 0 Å². The van der Waals surface area contributed by atoms with Crippen molar-refractivity contribution in [2.24, 2.45) is 4.99 Å². The molecule has 0 radical (unpaired) electrons. The van der Waals surface area contributed by atoms with Gasteiger partial charge in [-0.3, -0.25) is 38.8 Å². The van der Waals surface area contributed by atoms with E-state index in [1.165, 1.54) is 31.4 Å². The number of benzene rings is 4. The van der Waals surface area contributed by atoms with Crippen LogP contribution in [0.25, 0.3) is 21.5 Å². The van der Waals surface area contributed by atoms with Gasteiger partial charge in [-0.05, 0) is 75.4 Å². The second kappa shape index (κ2) is 15.7. The second-order valence-electron chi connectivity index (χ2n) is 13.4. The lowest BCUT2D eigenvalue weighted by atomic mass is 9.92. The molecule has 0 unspecified atom stereocenters. The summed E-state index contributed by atoms with van der Waals surface area (Å²) in [4.78, 5) is 79.3. The normalized spacial score (nSPS) is 15.4. The highest BCUT2D eigenvalue weighted by atomic mass is 33.1. The Balaban J connectivity index is 0.899. The maximum absolute atomic E-state index is 13.6. The van der Waals surface area contributed by atoms with Crippen molar-refractivity contribution < 1.29 is 29.1 Å². The second-order valence-corrected chi connectivity index (χ2v) is 15.9. The Kier molecular flexibility index (Phi) is 10.8. The molecule has 14 heteroatoms. The maximum atomic E-state index is 13.6. The molecule has 0 bridgehead atoms. The molecule has 0 fully saturated rings. The molecule has 1 N–H and O–H groups in total. The van der Waals surface area contributed by atoms with Crippen molar-refractivity contribution in [1.29, 1.82) is 0 Å². The summed E-state index contributed by atoms with van der Waals surface area (Å²) in [7, 11) is 6.82. The lowest BCUT2D eigenvalue weighted by molar-refractivity contribution is -0.136. The Hall–Kier alpha value is -4.76. The molecular formula is C39H40N6O6S2. The van der Waals surface area contributed by atoms with E-state index in [4.69, 9.17) is 5.11 Å². The van der Waals surface area contributed by atoms with Crippen LogP contribution in [0.3, 0.4) is 0 Å². The van der Waals surface area contributed by atoms with Crippen LogP contribution in [0, 0.1) is 0 Å². The third kappa shape index (κ3) is 7.28. The molecule has 7 rings (SSSR count). The Morgan fingerprint density at radius 1 is 0.736 bits per heavy atom. The number of imide groups is 2. The van der Waals surface area contributed by atoms with Crippen molar-refractivity contribution in [2.75, 3.05) is 77.1 Å². The van der Waals surface area contributed by atoms with Crippen LogP contribution in [-0.2, 0) is 4.79 Å². The topological polar surface area (TPSA) is 134 Å². The van der Waals surface area contributed by atoms with Crippen LogP contribution in [-0.4, -0.2) is 133 Å². The number of amides is 4. The Labute approximate surface area is 315 Å². The van der Waals surface area contributed by atoms with Gasteiger partial charge in [0.05, 0.1) is 19.3 Å². The first-order valence-electron chi connectivity index (χ1n) is 17.6. The number of hydrogen-bond acceptors (Lipinski definition) is 11. The Bertz CT molecular complexity index is 2130. The van der Waals surface area contributed by atoms with E-state index < -0.39 is 5.97 Å². The van der Waals surface area contributed by atoms with Crippen LogP contribution in [0.2, 0.25) is 0 Å². The highest BCUT2D eigenvalue weighted by molar-refractivity contribution is 8.76. The minimum Gasteiger partial charge on any atom is -0.481 e. The van der Waals surface area contributed by atoms with E-state index in [0.717, 1.165) is 47.4 Å². The number of aliphatic imine (C=N–C) groups is 1. The van der Waals surface area contributed by atoms with Crippen molar-refractivity contribution in [2.45, 2.75) is 17.7 Å². The first-order chi connectivity index (χ1) is 25.6. The largest absolute Gasteiger partial charge is 0.481 e. The number of carboxylic acid groups (broad SMARTS) is 1. The van der Waals surface area contributed by atoms with Gasteiger partial charge in [-0.25, -0.2) is 0 Å². The Morgan fingerprint density at radius 2 is 1.28 bits per heavy atom. The number of aliphatic carboxylic acids is 1. The van der Waals surface area contributed by atoms with Crippen molar-refractivity contribution in [3.05, 3.63) is 82.9 Å². The number of carbonyl (C=O) groups is 5. The van der Waals surface area contributed by atoms with Gasteiger partial charge in [-0.2, -0.15) is 0 Å². The fraction of sp³-hybridized carbons (Fsp3) is 0.333. The van der Waals surface area contributed by atoms with E-state index in [2.05, 4.69) is 19.7 Å². The zero-order chi connectivity index (χ0) is 37.2. The molecule has 0 aromatic heterocycles. The lowest BCUT2D eigenvalue weighted by Crippen LogP contribution is -2.45. The van der Waals surface area contributed by atoms with E-state index in [9.17, 15) is 24.0 Å². The number of carboxylic acids is 1. The number of anilines is 1. The fourth-order valence-electron chi connectivity index (χ4n) is 7.15. The molecule has 0 aliphatic carbocycles. The smallest absolute Gasteiger partial charge is 0.304 e. The van der Waals surface area contributed by atoms with Gasteiger partial charge < -0.3 is 19.8 Å². The summed E-state index contributed by atoms with van der Waals surface area (Å²) in [6.07, 6.45) is 2.68. The van der Waals surface area contributed by atoms with E-state index in [1.807, 2.05) is 56.6 Å². The molecule has 3 heterocycles. The molecule has 3 aliphatic rings. The first-order valence-corrected chi connectivity index (χ1v) is 19.9. The average Bonchev–Trinajstić information content (AvgIpc) is 3.69. The summed E-state index contributed by atoms with van der Waals surface area (Å²) in [6.45, 7) is 4.51. The molecule has 3 aliphatic heterocycles. The van der Waals surface area contributed by atoms with Gasteiger partial charge in [0.15, 0.2) is 0 Å². The standard InChI is InChI=1S/C39H40N6O6S2/c1-41(19-21-44-36(48)27-8-3-6-25-31(43-18-15-40-24-43)12-10-29(34(25)27)38(44)50)16-5-17-42(2)20-22-45-37(49)28-9-4-7-26-32(53-52-23-14-33(46)47)13-11-30(35(26)28)39(45)51/h3-4,6-13,24H,5,14-23H2,1-2H3,(H,46,47). The molecule has 0 atom stereocenters. The predicted molar refractivity (Wildman–Crippen MR) is 210 cm³/mol. The van der Waals surface area contributed by atoms with Gasteiger partial charge in [0.25, 0.3) is 23.6 Å². The van der Waals surface area contributed by atoms with E-state index in [-0.39, 0.29) is 43.1 Å². The summed E-state index contributed by atoms with van der Waals surface area (Å²) in [5, 5.41) is 12.0. The zero-order valence-corrected chi connectivity index (χ0v) is 31.3. The molecule has 12 nitrogen and oxygen atoms in total. The molecule has 0 saturated carbocycles. The molecule has 0 saturated heterocycles. The fourth-order valence-corrected chi connectivity index (χ4v) is 9.32. The highest BCUT2D eigenvalue weighted by Crippen LogP contribution is 2.41. The Morgan fingerprint density at radius 3 is 1.85 bits per heavy atom. The van der Waals surface area contributed by atoms with Crippen molar-refractivity contribution in [3.63, 3.8) is 0 Å². The maximum Gasteiger partial charge on any atom is 0.304 e. The SMILES string of the molecule is CN(CCCN(C)CCN1C(=O)c2cccc3c(N4C=NCC4)ccc(c23)C1=O)CCN1C(=O)c2cccc3c(SSCCC(=O)O)ccc(c23)C1=O. The van der Waals surface area contributed by atoms with E-state index in [1.54, 1.807) is 24.5 Å². The van der Waals surface area contributed by atoms with Gasteiger partial charge in [-0.1, -0.05) is 45.9 Å². The molecule has 4 amide bonds. The van der Waals surface area contributed by atoms with Crippen molar-refractivity contribution >= 4 is 84.8 Å². The predicted octanol–water partition coefficient (Wildman–Crippen LogP) is 5.20. The van der Waals surface area contributed by atoms with Crippen LogP contribution in [0.5, 0.6) is 0 Å². The average molecular weight is 753 g/mol. The lowest BCUT2D eigenvalue weighted by Gasteiger charge is -2.30. The van der Waals surface area contributed by atoms with Gasteiger partial charge in [0.2, 0.25) is 0 Å². The van der Waals surface area contributed by atoms with Crippen LogP contribution >= 0.6 is 21.6 Å². The minimum absolute atomic E-state index is 0.0592. The van der Waals surface area contributed by atoms with Crippen LogP contribution in [0.1, 0.15) is 54.3 Å². The van der Waals surface area contributed by atoms with Gasteiger partial charge in [0, 0.05) is 87.5 Å². The molecule has 4 aromatic carbocycles. The molecule has 53 heavy (non-hydrogen) atoms. The molecular weight excluding hydrogens is 713 g/mol. The van der Waals surface area contributed by atoms with Crippen LogP contribution < -0.4 is 4.90 Å². The summed E-state index contributed by atoms with van der Waals surface area (Å²) in [5.41, 5.74) is 3.01. The number of rotatable bonds is 16. The van der Waals surface area contributed by atoms with Gasteiger partial charge >= 0.3 is 5.97 Å². The summed E-state index contributed by atoms with van der Waals surface area (Å²) in [5.74, 6) is -1.59. The van der Waals surface area contributed by atoms with Crippen LogP contribution in [0.4, 0.5) is 5.69 Å². The van der Waals surface area contributed by atoms with E-state index in [0.29, 0.717) is 58.4 Å². The van der Waals surface area contributed by atoms with Crippen molar-refractivity contribution in [1.82, 2.24) is 19.6 Å². The van der Waals surface area contributed by atoms with Crippen LogP contribution in [0.15, 0.2) is 70.6 Å². The third-order valence-corrected chi connectivity index (χ3v) is 12.4. The molecule has 0 spiro atoms. The molecule has 274 valence electrons. The van der Waals surface area contributed by atoms with Gasteiger partial charge in [-0.15, -0.1) is 0 Å². The number of carbonyl (C=O) groups excluding carboxylic acids is 4. The van der Waals surface area contributed by atoms with Gasteiger partial charge in [0.1, 0.15) is 0 Å². The first kappa shape index (κ1) is 36.6.